The molecule has 170 valence electrons. The van der Waals surface area contributed by atoms with Gasteiger partial charge in [-0.05, 0) is 25.0 Å². The quantitative estimate of drug-likeness (QED) is 0.595. The lowest BCUT2D eigenvalue weighted by Gasteiger charge is -2.33. The summed E-state index contributed by atoms with van der Waals surface area (Å²) in [7, 11) is -3.61. The highest BCUT2D eigenvalue weighted by Gasteiger charge is 2.52. The molecule has 3 fully saturated rings. The molecule has 0 unspecified atom stereocenters. The molecule has 1 aliphatic carbocycles. The Bertz CT molecular complexity index is 983. The minimum atomic E-state index is -3.61. The van der Waals surface area contributed by atoms with Gasteiger partial charge in [0.2, 0.25) is 0 Å². The van der Waals surface area contributed by atoms with Gasteiger partial charge in [-0.15, -0.1) is 11.3 Å². The van der Waals surface area contributed by atoms with Crippen LogP contribution in [0.1, 0.15) is 32.1 Å². The Morgan fingerprint density at radius 3 is 2.42 bits per heavy atom. The summed E-state index contributed by atoms with van der Waals surface area (Å²) in [5.41, 5.74) is 1.52. The SMILES string of the molecule is O=C(CN1CCN(S(=O)(=O)c2ccc(Cl)s2)CC1)NN1C(=O)NC2(CCCCC2)C1=O. The van der Waals surface area contributed by atoms with Crippen LogP contribution < -0.4 is 10.7 Å². The maximum Gasteiger partial charge on any atom is 0.344 e. The molecule has 0 radical (unpaired) electrons. The molecule has 2 saturated heterocycles. The van der Waals surface area contributed by atoms with Crippen LogP contribution in [0, 0.1) is 0 Å². The summed E-state index contributed by atoms with van der Waals surface area (Å²) < 4.78 is 27.3. The van der Waals surface area contributed by atoms with E-state index in [0.29, 0.717) is 30.3 Å². The predicted octanol–water partition coefficient (Wildman–Crippen LogP) is 0.994. The van der Waals surface area contributed by atoms with Crippen molar-refractivity contribution < 1.29 is 22.8 Å². The Morgan fingerprint density at radius 2 is 1.81 bits per heavy atom. The smallest absolute Gasteiger partial charge is 0.322 e. The van der Waals surface area contributed by atoms with Crippen LogP contribution in [0.25, 0.3) is 0 Å². The van der Waals surface area contributed by atoms with Crippen molar-refractivity contribution >= 4 is 50.8 Å². The molecule has 1 saturated carbocycles. The molecule has 1 spiro atoms. The van der Waals surface area contributed by atoms with Crippen LogP contribution in [0.3, 0.4) is 0 Å². The number of hydrogen-bond acceptors (Lipinski definition) is 7. The summed E-state index contributed by atoms with van der Waals surface area (Å²) in [6, 6.07) is 2.43. The number of carbonyl (C=O) groups is 3. The zero-order valence-corrected chi connectivity index (χ0v) is 19.2. The van der Waals surface area contributed by atoms with Gasteiger partial charge in [-0.25, -0.2) is 13.2 Å². The zero-order chi connectivity index (χ0) is 22.2. The lowest BCUT2D eigenvalue weighted by atomic mass is 9.82. The molecule has 1 aromatic heterocycles. The number of rotatable bonds is 5. The lowest BCUT2D eigenvalue weighted by Crippen LogP contribution is -2.54. The Kier molecular flexibility index (Phi) is 6.28. The first kappa shape index (κ1) is 22.5. The van der Waals surface area contributed by atoms with Gasteiger partial charge >= 0.3 is 6.03 Å². The fourth-order valence-electron chi connectivity index (χ4n) is 4.27. The van der Waals surface area contributed by atoms with Crippen LogP contribution in [-0.2, 0) is 19.6 Å². The van der Waals surface area contributed by atoms with Crippen LogP contribution in [0.2, 0.25) is 4.34 Å². The van der Waals surface area contributed by atoms with E-state index in [1.165, 1.54) is 10.4 Å². The molecule has 0 aromatic carbocycles. The Morgan fingerprint density at radius 1 is 1.13 bits per heavy atom. The highest BCUT2D eigenvalue weighted by molar-refractivity contribution is 7.91. The molecule has 13 heteroatoms. The molecule has 4 rings (SSSR count). The van der Waals surface area contributed by atoms with Crippen molar-refractivity contribution in [2.24, 2.45) is 0 Å². The number of amides is 4. The number of nitrogens with zero attached hydrogens (tertiary/aromatic N) is 3. The van der Waals surface area contributed by atoms with Gasteiger partial charge < -0.3 is 5.32 Å². The van der Waals surface area contributed by atoms with Crippen LogP contribution in [0.5, 0.6) is 0 Å². The molecular formula is C18H24ClN5O5S2. The molecule has 3 aliphatic rings. The van der Waals surface area contributed by atoms with Crippen molar-refractivity contribution in [2.45, 2.75) is 41.9 Å². The van der Waals surface area contributed by atoms with Crippen molar-refractivity contribution in [3.63, 3.8) is 0 Å². The van der Waals surface area contributed by atoms with Gasteiger partial charge in [-0.3, -0.25) is 19.9 Å². The first-order valence-electron chi connectivity index (χ1n) is 10.2. The third kappa shape index (κ3) is 4.44. The molecule has 3 heterocycles. The van der Waals surface area contributed by atoms with Crippen LogP contribution in [-0.4, -0.2) is 78.7 Å². The summed E-state index contributed by atoms with van der Waals surface area (Å²) in [5, 5.41) is 3.53. The molecule has 0 atom stereocenters. The minimum absolute atomic E-state index is 0.0389. The second kappa shape index (κ2) is 8.66. The van der Waals surface area contributed by atoms with Crippen LogP contribution in [0.15, 0.2) is 16.3 Å². The van der Waals surface area contributed by atoms with Crippen LogP contribution in [0.4, 0.5) is 4.79 Å². The fraction of sp³-hybridized carbons (Fsp3) is 0.611. The molecule has 2 aliphatic heterocycles. The van der Waals surface area contributed by atoms with E-state index in [9.17, 15) is 22.8 Å². The molecule has 2 N–H and O–H groups in total. The van der Waals surface area contributed by atoms with E-state index in [1.807, 2.05) is 0 Å². The molecule has 10 nitrogen and oxygen atoms in total. The first-order valence-corrected chi connectivity index (χ1v) is 12.8. The number of hydrazine groups is 1. The molecule has 31 heavy (non-hydrogen) atoms. The predicted molar refractivity (Wildman–Crippen MR) is 114 cm³/mol. The third-order valence-electron chi connectivity index (χ3n) is 5.95. The molecule has 4 amide bonds. The van der Waals surface area contributed by atoms with E-state index < -0.39 is 33.4 Å². The van der Waals surface area contributed by atoms with E-state index >= 15 is 0 Å². The van der Waals surface area contributed by atoms with Gasteiger partial charge in [0, 0.05) is 26.2 Å². The Hall–Kier alpha value is -1.73. The lowest BCUT2D eigenvalue weighted by molar-refractivity contribution is -0.140. The number of hydrogen-bond donors (Lipinski definition) is 2. The molecule has 1 aromatic rings. The average Bonchev–Trinajstić information content (AvgIpc) is 3.27. The van der Waals surface area contributed by atoms with Crippen molar-refractivity contribution in [1.29, 1.82) is 0 Å². The molecular weight excluding hydrogens is 466 g/mol. The summed E-state index contributed by atoms with van der Waals surface area (Å²) in [5.74, 6) is -0.895. The topological polar surface area (TPSA) is 119 Å². The summed E-state index contributed by atoms with van der Waals surface area (Å²) >= 11 is 6.86. The maximum absolute atomic E-state index is 12.7. The highest BCUT2D eigenvalue weighted by Crippen LogP contribution is 2.33. The van der Waals surface area contributed by atoms with Crippen molar-refractivity contribution in [3.05, 3.63) is 16.5 Å². The molecule has 0 bridgehead atoms. The second-order valence-corrected chi connectivity index (χ2v) is 11.9. The largest absolute Gasteiger partial charge is 0.344 e. The fourth-order valence-corrected chi connectivity index (χ4v) is 7.33. The van der Waals surface area contributed by atoms with E-state index in [1.54, 1.807) is 11.0 Å². The van der Waals surface area contributed by atoms with E-state index in [-0.39, 0.29) is 23.8 Å². The van der Waals surface area contributed by atoms with Gasteiger partial charge in [-0.1, -0.05) is 30.9 Å². The Labute approximate surface area is 189 Å². The maximum atomic E-state index is 12.7. The third-order valence-corrected chi connectivity index (χ3v) is 9.54. The first-order chi connectivity index (χ1) is 14.7. The number of urea groups is 1. The second-order valence-electron chi connectivity index (χ2n) is 7.99. The van der Waals surface area contributed by atoms with Crippen LogP contribution >= 0.6 is 22.9 Å². The average molecular weight is 490 g/mol. The normalized spacial score (nSPS) is 22.7. The summed E-state index contributed by atoms with van der Waals surface area (Å²) in [6.45, 7) is 1.14. The van der Waals surface area contributed by atoms with Crippen molar-refractivity contribution in [1.82, 2.24) is 25.0 Å². The van der Waals surface area contributed by atoms with Crippen molar-refractivity contribution in [2.75, 3.05) is 32.7 Å². The number of carbonyl (C=O) groups excluding carboxylic acids is 3. The minimum Gasteiger partial charge on any atom is -0.322 e. The van der Waals surface area contributed by atoms with Gasteiger partial charge in [0.1, 0.15) is 9.75 Å². The van der Waals surface area contributed by atoms with Crippen molar-refractivity contribution in [3.8, 4) is 0 Å². The van der Waals surface area contributed by atoms with Gasteiger partial charge in [-0.2, -0.15) is 9.31 Å². The number of sulfonamides is 1. The Balaban J connectivity index is 1.29. The standard InChI is InChI=1S/C18H24ClN5O5S2/c19-13-4-5-15(30-13)31(28,29)23-10-8-22(9-11-23)12-14(25)21-24-16(26)18(20-17(24)27)6-2-1-3-7-18/h4-5H,1-3,6-12H2,(H,20,27)(H,21,25). The number of halogens is 1. The number of imide groups is 1. The highest BCUT2D eigenvalue weighted by atomic mass is 35.5. The van der Waals surface area contributed by atoms with E-state index in [4.69, 9.17) is 11.6 Å². The summed E-state index contributed by atoms with van der Waals surface area (Å²) in [4.78, 5) is 39.3. The zero-order valence-electron chi connectivity index (χ0n) is 16.8. The van der Waals surface area contributed by atoms with Gasteiger partial charge in [0.15, 0.2) is 0 Å². The summed E-state index contributed by atoms with van der Waals surface area (Å²) in [6.07, 6.45) is 3.90. The number of thiophene rings is 1. The monoisotopic (exact) mass is 489 g/mol. The van der Waals surface area contributed by atoms with Gasteiger partial charge in [0.05, 0.1) is 10.9 Å². The van der Waals surface area contributed by atoms with E-state index in [2.05, 4.69) is 10.7 Å². The van der Waals surface area contributed by atoms with E-state index in [0.717, 1.165) is 35.6 Å². The number of nitrogens with one attached hydrogen (secondary N) is 2. The van der Waals surface area contributed by atoms with Gasteiger partial charge in [0.25, 0.3) is 21.8 Å². The number of piperazine rings is 1.